The Hall–Kier alpha value is -3.00. The zero-order valence-corrected chi connectivity index (χ0v) is 16.7. The number of carbonyl (C=O) groups excluding carboxylic acids is 1. The number of fused-ring (bicyclic) bond motifs is 1. The maximum absolute atomic E-state index is 12.6. The van der Waals surface area contributed by atoms with Gasteiger partial charge in [0.2, 0.25) is 0 Å². The van der Waals surface area contributed by atoms with Crippen LogP contribution in [0.1, 0.15) is 18.5 Å². The molecule has 0 aromatic carbocycles. The number of likely N-dealkylation sites (tertiary alicyclic amines) is 1. The van der Waals surface area contributed by atoms with E-state index in [0.29, 0.717) is 11.7 Å². The Balaban J connectivity index is 1.30. The zero-order valence-electron chi connectivity index (χ0n) is 16.7. The molecule has 8 nitrogen and oxygen atoms in total. The second-order valence-electron chi connectivity index (χ2n) is 8.27. The Morgan fingerprint density at radius 2 is 2.03 bits per heavy atom. The SMILES string of the molecule is Cc1cc(-n2ncc3cc(NC(=O)N[C@H]4CN(C)C[C@@H]4C4CC4)ncc32)ccn1. The molecule has 1 aliphatic heterocycles. The number of nitrogens with zero attached hydrogens (tertiary/aromatic N) is 5. The largest absolute Gasteiger partial charge is 0.333 e. The lowest BCUT2D eigenvalue weighted by Crippen LogP contribution is -2.43. The minimum atomic E-state index is -0.194. The molecule has 2 aliphatic rings. The number of nitrogens with one attached hydrogen (secondary N) is 2. The van der Waals surface area contributed by atoms with Crippen molar-refractivity contribution >= 4 is 22.8 Å². The number of pyridine rings is 2. The Kier molecular flexibility index (Phi) is 4.43. The molecule has 2 atom stereocenters. The number of aromatic nitrogens is 4. The number of anilines is 1. The fourth-order valence-corrected chi connectivity index (χ4v) is 4.37. The molecule has 0 unspecified atom stereocenters. The molecule has 4 heterocycles. The number of hydrogen-bond acceptors (Lipinski definition) is 5. The van der Waals surface area contributed by atoms with Gasteiger partial charge in [-0.2, -0.15) is 5.10 Å². The fraction of sp³-hybridized carbons (Fsp3) is 0.429. The molecule has 3 aromatic heterocycles. The molecule has 2 N–H and O–H groups in total. The predicted octanol–water partition coefficient (Wildman–Crippen LogP) is 2.59. The Morgan fingerprint density at radius 3 is 2.83 bits per heavy atom. The van der Waals surface area contributed by atoms with Gasteiger partial charge >= 0.3 is 6.03 Å². The van der Waals surface area contributed by atoms with Gasteiger partial charge in [0, 0.05) is 36.4 Å². The van der Waals surface area contributed by atoms with E-state index in [0.717, 1.165) is 41.3 Å². The molecule has 2 amide bonds. The van der Waals surface area contributed by atoms with E-state index >= 15 is 0 Å². The highest BCUT2D eigenvalue weighted by Crippen LogP contribution is 2.41. The number of amides is 2. The van der Waals surface area contributed by atoms with Gasteiger partial charge in [-0.25, -0.2) is 14.5 Å². The van der Waals surface area contributed by atoms with E-state index in [1.165, 1.54) is 12.8 Å². The van der Waals surface area contributed by atoms with Crippen molar-refractivity contribution in [1.29, 1.82) is 0 Å². The molecule has 0 radical (unpaired) electrons. The summed E-state index contributed by atoms with van der Waals surface area (Å²) in [6, 6.07) is 5.74. The van der Waals surface area contributed by atoms with Gasteiger partial charge in [0.05, 0.1) is 23.6 Å². The van der Waals surface area contributed by atoms with Crippen molar-refractivity contribution in [3.05, 3.63) is 42.5 Å². The van der Waals surface area contributed by atoms with E-state index < -0.39 is 0 Å². The number of urea groups is 1. The van der Waals surface area contributed by atoms with E-state index in [2.05, 4.69) is 37.6 Å². The summed E-state index contributed by atoms with van der Waals surface area (Å²) in [6.45, 7) is 3.91. The van der Waals surface area contributed by atoms with E-state index in [9.17, 15) is 4.79 Å². The summed E-state index contributed by atoms with van der Waals surface area (Å²) in [5, 5.41) is 11.4. The third-order valence-electron chi connectivity index (χ3n) is 5.91. The quantitative estimate of drug-likeness (QED) is 0.714. The third-order valence-corrected chi connectivity index (χ3v) is 5.91. The number of aryl methyl sites for hydroxylation is 1. The Bertz CT molecular complexity index is 1060. The van der Waals surface area contributed by atoms with Crippen molar-refractivity contribution in [2.75, 3.05) is 25.5 Å². The topological polar surface area (TPSA) is 88.0 Å². The molecule has 0 spiro atoms. The van der Waals surface area contributed by atoms with Crippen LogP contribution in [0.5, 0.6) is 0 Å². The number of carbonyl (C=O) groups is 1. The summed E-state index contributed by atoms with van der Waals surface area (Å²) in [7, 11) is 2.12. The summed E-state index contributed by atoms with van der Waals surface area (Å²) >= 11 is 0. The molecule has 1 aliphatic carbocycles. The van der Waals surface area contributed by atoms with Crippen molar-refractivity contribution < 1.29 is 4.79 Å². The first-order valence-corrected chi connectivity index (χ1v) is 10.1. The van der Waals surface area contributed by atoms with Gasteiger partial charge in [-0.05, 0) is 56.8 Å². The van der Waals surface area contributed by atoms with Crippen LogP contribution < -0.4 is 10.6 Å². The molecular weight excluding hydrogens is 366 g/mol. The van der Waals surface area contributed by atoms with Crippen LogP contribution in [-0.4, -0.2) is 56.9 Å². The average Bonchev–Trinajstić information content (AvgIpc) is 3.34. The maximum Gasteiger partial charge on any atom is 0.320 e. The highest BCUT2D eigenvalue weighted by atomic mass is 16.2. The molecule has 3 aromatic rings. The second kappa shape index (κ2) is 7.11. The number of rotatable bonds is 4. The number of hydrogen-bond donors (Lipinski definition) is 2. The molecule has 5 rings (SSSR count). The van der Waals surface area contributed by atoms with Crippen LogP contribution in [0.2, 0.25) is 0 Å². The van der Waals surface area contributed by atoms with Crippen molar-refractivity contribution in [2.45, 2.75) is 25.8 Å². The first kappa shape index (κ1) is 18.1. The molecule has 8 heteroatoms. The third kappa shape index (κ3) is 3.67. The van der Waals surface area contributed by atoms with Crippen molar-refractivity contribution in [3.63, 3.8) is 0 Å². The molecule has 1 saturated carbocycles. The molecule has 0 bridgehead atoms. The molecule has 2 fully saturated rings. The minimum absolute atomic E-state index is 0.194. The summed E-state index contributed by atoms with van der Waals surface area (Å²) in [5.74, 6) is 1.85. The monoisotopic (exact) mass is 391 g/mol. The van der Waals surface area contributed by atoms with Crippen LogP contribution in [0.15, 0.2) is 36.8 Å². The first-order valence-electron chi connectivity index (χ1n) is 10.1. The lowest BCUT2D eigenvalue weighted by molar-refractivity contribution is 0.244. The Morgan fingerprint density at radius 1 is 1.17 bits per heavy atom. The van der Waals surface area contributed by atoms with Crippen LogP contribution in [0.3, 0.4) is 0 Å². The van der Waals surface area contributed by atoms with E-state index in [1.54, 1.807) is 18.6 Å². The molecule has 29 heavy (non-hydrogen) atoms. The second-order valence-corrected chi connectivity index (χ2v) is 8.27. The Labute approximate surface area is 169 Å². The van der Waals surface area contributed by atoms with Gasteiger partial charge in [0.1, 0.15) is 5.82 Å². The molecular formula is C21H25N7O. The van der Waals surface area contributed by atoms with Gasteiger partial charge in [0.15, 0.2) is 0 Å². The van der Waals surface area contributed by atoms with E-state index in [1.807, 2.05) is 29.8 Å². The van der Waals surface area contributed by atoms with Crippen molar-refractivity contribution in [3.8, 4) is 5.69 Å². The van der Waals surface area contributed by atoms with Crippen LogP contribution in [-0.2, 0) is 0 Å². The van der Waals surface area contributed by atoms with Gasteiger partial charge in [0.25, 0.3) is 0 Å². The average molecular weight is 391 g/mol. The lowest BCUT2D eigenvalue weighted by Gasteiger charge is -2.19. The summed E-state index contributed by atoms with van der Waals surface area (Å²) in [6.07, 6.45) is 7.87. The van der Waals surface area contributed by atoms with E-state index in [4.69, 9.17) is 0 Å². The van der Waals surface area contributed by atoms with Crippen LogP contribution in [0.4, 0.5) is 10.6 Å². The summed E-state index contributed by atoms with van der Waals surface area (Å²) < 4.78 is 1.83. The fourth-order valence-electron chi connectivity index (χ4n) is 4.37. The smallest absolute Gasteiger partial charge is 0.320 e. The molecule has 150 valence electrons. The summed E-state index contributed by atoms with van der Waals surface area (Å²) in [4.78, 5) is 23.5. The van der Waals surface area contributed by atoms with Crippen LogP contribution in [0, 0.1) is 18.8 Å². The zero-order chi connectivity index (χ0) is 20.0. The van der Waals surface area contributed by atoms with Gasteiger partial charge in [-0.3, -0.25) is 10.3 Å². The van der Waals surface area contributed by atoms with Crippen molar-refractivity contribution in [1.82, 2.24) is 30.0 Å². The van der Waals surface area contributed by atoms with Crippen LogP contribution >= 0.6 is 0 Å². The number of likely N-dealkylation sites (N-methyl/N-ethyl adjacent to an activating group) is 1. The highest BCUT2D eigenvalue weighted by molar-refractivity contribution is 5.91. The first-order chi connectivity index (χ1) is 14.1. The normalized spacial score (nSPS) is 22.1. The lowest BCUT2D eigenvalue weighted by atomic mass is 9.98. The minimum Gasteiger partial charge on any atom is -0.333 e. The highest BCUT2D eigenvalue weighted by Gasteiger charge is 2.41. The summed E-state index contributed by atoms with van der Waals surface area (Å²) in [5.41, 5.74) is 2.74. The maximum atomic E-state index is 12.6. The van der Waals surface area contributed by atoms with Gasteiger partial charge < -0.3 is 10.2 Å². The standard InChI is InChI=1S/C21H25N7O/c1-13-7-16(5-6-22-13)28-19-10-23-20(8-15(19)9-24-28)26-21(29)25-18-12-27(2)11-17(18)14-3-4-14/h5-10,14,17-18H,3-4,11-12H2,1-2H3,(H2,23,25,26,29)/t17-,18+/m1/s1. The van der Waals surface area contributed by atoms with Crippen molar-refractivity contribution in [2.24, 2.45) is 11.8 Å². The molecule has 1 saturated heterocycles. The van der Waals surface area contributed by atoms with Crippen LogP contribution in [0.25, 0.3) is 16.6 Å². The van der Waals surface area contributed by atoms with Gasteiger partial charge in [-0.1, -0.05) is 0 Å². The van der Waals surface area contributed by atoms with Gasteiger partial charge in [-0.15, -0.1) is 0 Å². The van der Waals surface area contributed by atoms with E-state index in [-0.39, 0.29) is 12.1 Å². The predicted molar refractivity (Wildman–Crippen MR) is 111 cm³/mol.